The third-order valence-corrected chi connectivity index (χ3v) is 6.51. The predicted octanol–water partition coefficient (Wildman–Crippen LogP) is 6.10. The van der Waals surface area contributed by atoms with E-state index in [0.29, 0.717) is 11.8 Å². The average molecular weight is 483 g/mol. The van der Waals surface area contributed by atoms with Crippen LogP contribution in [0.2, 0.25) is 0 Å². The summed E-state index contributed by atoms with van der Waals surface area (Å²) in [6.45, 7) is 9.61. The quantitative estimate of drug-likeness (QED) is 0.505. The van der Waals surface area contributed by atoms with E-state index in [0.717, 1.165) is 37.3 Å². The molecule has 0 aromatic heterocycles. The molecule has 0 aliphatic carbocycles. The zero-order chi connectivity index (χ0) is 24.7. The Balaban J connectivity index is 0.000000254. The summed E-state index contributed by atoms with van der Waals surface area (Å²) in [5.74, 6) is 1.08. The minimum atomic E-state index is -0.439. The number of anilines is 2. The number of benzene rings is 2. The fraction of sp³-hybridized carbons (Fsp3) is 0.552. The van der Waals surface area contributed by atoms with E-state index in [-0.39, 0.29) is 13.5 Å². The van der Waals surface area contributed by atoms with Gasteiger partial charge >= 0.3 is 6.09 Å². The smallest absolute Gasteiger partial charge is 0.410 e. The third-order valence-electron chi connectivity index (χ3n) is 6.51. The molecule has 2 saturated heterocycles. The second-order valence-corrected chi connectivity index (χ2v) is 10.7. The number of carbonyl (C=O) groups excluding carboxylic acids is 1. The van der Waals surface area contributed by atoms with Gasteiger partial charge in [-0.3, -0.25) is 0 Å². The molecule has 6 heteroatoms. The molecular formula is C29H46N4O2. The molecule has 2 fully saturated rings. The number of nitrogen functional groups attached to an aromatic ring is 2. The zero-order valence-electron chi connectivity index (χ0n) is 21.3. The Hall–Kier alpha value is -2.73. The Kier molecular flexibility index (Phi) is 10.4. The van der Waals surface area contributed by atoms with E-state index in [2.05, 4.69) is 36.2 Å². The van der Waals surface area contributed by atoms with Crippen molar-refractivity contribution in [2.45, 2.75) is 71.3 Å². The van der Waals surface area contributed by atoms with E-state index in [1.807, 2.05) is 49.9 Å². The summed E-state index contributed by atoms with van der Waals surface area (Å²) in [7, 11) is 2.20. The molecule has 35 heavy (non-hydrogen) atoms. The van der Waals surface area contributed by atoms with Gasteiger partial charge in [-0.15, -0.1) is 0 Å². The molecule has 0 spiro atoms. The van der Waals surface area contributed by atoms with Crippen LogP contribution in [0.5, 0.6) is 0 Å². The van der Waals surface area contributed by atoms with Gasteiger partial charge in [0.05, 0.1) is 0 Å². The van der Waals surface area contributed by atoms with E-state index >= 15 is 0 Å². The first kappa shape index (κ1) is 28.5. The number of rotatable bonds is 2. The number of nitrogens with two attached hydrogens (primary N) is 2. The summed E-state index contributed by atoms with van der Waals surface area (Å²) in [4.78, 5) is 16.4. The van der Waals surface area contributed by atoms with Crippen molar-refractivity contribution in [1.82, 2.24) is 9.80 Å². The van der Waals surface area contributed by atoms with Crippen molar-refractivity contribution in [2.75, 3.05) is 44.7 Å². The van der Waals surface area contributed by atoms with E-state index in [1.54, 1.807) is 0 Å². The number of likely N-dealkylation sites (N-methyl/N-ethyl adjacent to an activating group) is 1. The molecule has 2 aliphatic rings. The maximum Gasteiger partial charge on any atom is 0.410 e. The van der Waals surface area contributed by atoms with Crippen LogP contribution in [0.3, 0.4) is 0 Å². The number of piperidine rings is 2. The minimum absolute atomic E-state index is 0. The first-order chi connectivity index (χ1) is 16.1. The van der Waals surface area contributed by atoms with Crippen LogP contribution in [0.25, 0.3) is 0 Å². The van der Waals surface area contributed by atoms with Crippen molar-refractivity contribution in [3.63, 3.8) is 0 Å². The second kappa shape index (κ2) is 12.8. The van der Waals surface area contributed by atoms with Crippen LogP contribution < -0.4 is 11.5 Å². The van der Waals surface area contributed by atoms with Gasteiger partial charge in [-0.1, -0.05) is 31.7 Å². The molecule has 2 heterocycles. The molecular weight excluding hydrogens is 436 g/mol. The minimum Gasteiger partial charge on any atom is -0.444 e. The Labute approximate surface area is 212 Å². The lowest BCUT2D eigenvalue weighted by molar-refractivity contribution is 0.0198. The maximum absolute atomic E-state index is 12.1. The number of amides is 1. The van der Waals surface area contributed by atoms with Gasteiger partial charge in [0, 0.05) is 36.9 Å². The highest BCUT2D eigenvalue weighted by Crippen LogP contribution is 2.28. The Bertz CT molecular complexity index is 906. The molecule has 194 valence electrons. The molecule has 2 aromatic carbocycles. The first-order valence-corrected chi connectivity index (χ1v) is 12.5. The summed E-state index contributed by atoms with van der Waals surface area (Å²) < 4.78 is 5.45. The van der Waals surface area contributed by atoms with Gasteiger partial charge in [0.1, 0.15) is 5.60 Å². The van der Waals surface area contributed by atoms with Gasteiger partial charge in [0.15, 0.2) is 0 Å². The van der Waals surface area contributed by atoms with Crippen LogP contribution >= 0.6 is 0 Å². The maximum atomic E-state index is 12.1. The van der Waals surface area contributed by atoms with Gasteiger partial charge in [-0.25, -0.2) is 4.79 Å². The van der Waals surface area contributed by atoms with Gasteiger partial charge in [-0.05, 0) is 101 Å². The molecule has 2 aliphatic heterocycles. The molecule has 0 unspecified atom stereocenters. The van der Waals surface area contributed by atoms with Gasteiger partial charge < -0.3 is 26.0 Å². The fourth-order valence-corrected chi connectivity index (χ4v) is 4.72. The number of hydrogen-bond acceptors (Lipinski definition) is 5. The summed E-state index contributed by atoms with van der Waals surface area (Å²) in [5.41, 5.74) is 15.3. The predicted molar refractivity (Wildman–Crippen MR) is 148 cm³/mol. The molecule has 4 rings (SSSR count). The van der Waals surface area contributed by atoms with Crippen molar-refractivity contribution in [3.8, 4) is 0 Å². The highest BCUT2D eigenvalue weighted by Gasteiger charge is 2.28. The largest absolute Gasteiger partial charge is 0.444 e. The average Bonchev–Trinajstić information content (AvgIpc) is 2.79. The van der Waals surface area contributed by atoms with Crippen molar-refractivity contribution in [3.05, 3.63) is 59.7 Å². The second-order valence-electron chi connectivity index (χ2n) is 10.7. The zero-order valence-corrected chi connectivity index (χ0v) is 21.3. The summed E-state index contributed by atoms with van der Waals surface area (Å²) in [6.07, 6.45) is 4.52. The lowest BCUT2D eigenvalue weighted by atomic mass is 9.91. The number of nitrogens with zero attached hydrogens (tertiary/aromatic N) is 2. The van der Waals surface area contributed by atoms with Crippen molar-refractivity contribution in [1.29, 1.82) is 0 Å². The summed E-state index contributed by atoms with van der Waals surface area (Å²) in [6, 6.07) is 16.3. The van der Waals surface area contributed by atoms with Crippen LogP contribution in [-0.2, 0) is 4.74 Å². The van der Waals surface area contributed by atoms with Crippen LogP contribution in [-0.4, -0.2) is 54.7 Å². The molecule has 2 aromatic rings. The van der Waals surface area contributed by atoms with E-state index < -0.39 is 5.60 Å². The molecule has 2 atom stereocenters. The normalized spacial score (nSPS) is 20.7. The van der Waals surface area contributed by atoms with Crippen molar-refractivity contribution >= 4 is 17.5 Å². The van der Waals surface area contributed by atoms with Crippen LogP contribution in [0.15, 0.2) is 48.5 Å². The molecule has 0 radical (unpaired) electrons. The fourth-order valence-electron chi connectivity index (χ4n) is 4.72. The molecule has 0 bridgehead atoms. The highest BCUT2D eigenvalue weighted by molar-refractivity contribution is 5.68. The van der Waals surface area contributed by atoms with E-state index in [9.17, 15) is 4.79 Å². The lowest BCUT2D eigenvalue weighted by Gasteiger charge is -2.34. The van der Waals surface area contributed by atoms with Gasteiger partial charge in [-0.2, -0.15) is 0 Å². The number of likely N-dealkylation sites (tertiary alicyclic amines) is 2. The molecule has 0 saturated carbocycles. The Morgan fingerprint density at radius 1 is 0.829 bits per heavy atom. The highest BCUT2D eigenvalue weighted by atomic mass is 16.6. The topological polar surface area (TPSA) is 84.8 Å². The molecule has 6 nitrogen and oxygen atoms in total. The monoisotopic (exact) mass is 482 g/mol. The van der Waals surface area contributed by atoms with E-state index in [1.165, 1.54) is 37.1 Å². The Morgan fingerprint density at radius 3 is 1.74 bits per heavy atom. The number of ether oxygens (including phenoxy) is 1. The Morgan fingerprint density at radius 2 is 1.29 bits per heavy atom. The number of hydrogen-bond donors (Lipinski definition) is 2. The molecule has 1 amide bonds. The van der Waals surface area contributed by atoms with Gasteiger partial charge in [0.25, 0.3) is 0 Å². The first-order valence-electron chi connectivity index (χ1n) is 12.5. The van der Waals surface area contributed by atoms with Crippen LogP contribution in [0.1, 0.15) is 76.8 Å². The van der Waals surface area contributed by atoms with Crippen molar-refractivity contribution in [2.24, 2.45) is 0 Å². The van der Waals surface area contributed by atoms with Crippen LogP contribution in [0, 0.1) is 0 Å². The third kappa shape index (κ3) is 9.10. The molecule has 4 N–H and O–H groups in total. The van der Waals surface area contributed by atoms with Crippen LogP contribution in [0.4, 0.5) is 16.2 Å². The standard InChI is InChI=1S/C16H24N2O2.C12H18N2.CH4/c1-16(2,3)20-15(19)18-10-4-5-13(11-18)12-6-8-14(17)9-7-12;1-14-8-2-3-11(9-14)10-4-6-12(13)7-5-10;/h6-9,13H,4-5,10-11,17H2,1-3H3;4-7,11H,2-3,8-9,13H2,1H3;1H4/t13-;11-;/m11./s1. The van der Waals surface area contributed by atoms with E-state index in [4.69, 9.17) is 16.2 Å². The van der Waals surface area contributed by atoms with Crippen molar-refractivity contribution < 1.29 is 9.53 Å². The lowest BCUT2D eigenvalue weighted by Crippen LogP contribution is -2.42. The summed E-state index contributed by atoms with van der Waals surface area (Å²) >= 11 is 0. The summed E-state index contributed by atoms with van der Waals surface area (Å²) in [5, 5.41) is 0. The SMILES string of the molecule is C.CC(C)(C)OC(=O)N1CCC[C@@H](c2ccc(N)cc2)C1.CN1CCC[C@@H](c2ccc(N)cc2)C1. The van der Waals surface area contributed by atoms with Gasteiger partial charge in [0.2, 0.25) is 0 Å². The number of carbonyl (C=O) groups is 1.